The number of carbonyl (C=O) groups is 1. The minimum atomic E-state index is -0.673. The highest BCUT2D eigenvalue weighted by atomic mass is 16.2. The van der Waals surface area contributed by atoms with Gasteiger partial charge in [0.05, 0.1) is 11.0 Å². The summed E-state index contributed by atoms with van der Waals surface area (Å²) < 4.78 is 1.57. The molecule has 0 fully saturated rings. The molecule has 1 aliphatic carbocycles. The minimum absolute atomic E-state index is 0.211. The van der Waals surface area contributed by atoms with E-state index in [1.54, 1.807) is 11.5 Å². The molecule has 156 valence electrons. The molecule has 3 aromatic rings. The highest BCUT2D eigenvalue weighted by Gasteiger charge is 2.23. The van der Waals surface area contributed by atoms with Crippen LogP contribution in [0.3, 0.4) is 0 Å². The van der Waals surface area contributed by atoms with E-state index in [0.29, 0.717) is 29.9 Å². The molecule has 2 aromatic carbocycles. The smallest absolute Gasteiger partial charge is 0.294 e. The second-order valence-corrected chi connectivity index (χ2v) is 7.77. The average molecular weight is 405 g/mol. The highest BCUT2D eigenvalue weighted by Crippen LogP contribution is 2.26. The quantitative estimate of drug-likeness (QED) is 0.676. The summed E-state index contributed by atoms with van der Waals surface area (Å²) in [5.74, 6) is 0.174. The van der Waals surface area contributed by atoms with E-state index in [4.69, 9.17) is 0 Å². The molecule has 1 aliphatic rings. The van der Waals surface area contributed by atoms with Gasteiger partial charge in [0.15, 0.2) is 5.82 Å². The van der Waals surface area contributed by atoms with E-state index in [2.05, 4.69) is 22.4 Å². The molecule has 1 N–H and O–H groups in total. The highest BCUT2D eigenvalue weighted by molar-refractivity contribution is 5.94. The number of carbonyl (C=O) groups excluding carboxylic acids is 1. The van der Waals surface area contributed by atoms with Gasteiger partial charge in [0.1, 0.15) is 6.04 Å². The van der Waals surface area contributed by atoms with E-state index < -0.39 is 6.04 Å². The standard InChI is InChI=1S/C24H28N4O2/c1-4-27(5-2)22-24(30)28(21-12-7-6-11-20(21)26-22)16(3)23(29)25-19-14-13-17-9-8-10-18(17)15-19/h6-7,11-16H,4-5,8-10H2,1-3H3,(H,25,29)/t16-/m0/s1. The van der Waals surface area contributed by atoms with Crippen LogP contribution >= 0.6 is 0 Å². The number of amides is 1. The fourth-order valence-corrected chi connectivity index (χ4v) is 4.27. The molecule has 0 aliphatic heterocycles. The molecule has 0 saturated heterocycles. The zero-order valence-electron chi connectivity index (χ0n) is 17.8. The Bertz CT molecular complexity index is 1150. The van der Waals surface area contributed by atoms with Crippen LogP contribution in [0.1, 0.15) is 44.4 Å². The summed E-state index contributed by atoms with van der Waals surface area (Å²) >= 11 is 0. The van der Waals surface area contributed by atoms with Crippen LogP contribution in [0.2, 0.25) is 0 Å². The van der Waals surface area contributed by atoms with Crippen LogP contribution in [0.25, 0.3) is 11.0 Å². The van der Waals surface area contributed by atoms with Crippen LogP contribution in [0.15, 0.2) is 47.3 Å². The fraction of sp³-hybridized carbons (Fsp3) is 0.375. The second kappa shape index (κ2) is 8.30. The van der Waals surface area contributed by atoms with Crippen molar-refractivity contribution in [1.82, 2.24) is 9.55 Å². The Balaban J connectivity index is 1.73. The van der Waals surface area contributed by atoms with Crippen LogP contribution in [-0.4, -0.2) is 28.5 Å². The summed E-state index contributed by atoms with van der Waals surface area (Å²) in [6, 6.07) is 12.9. The number of nitrogens with one attached hydrogen (secondary N) is 1. The lowest BCUT2D eigenvalue weighted by Crippen LogP contribution is -2.37. The van der Waals surface area contributed by atoms with Gasteiger partial charge in [-0.05, 0) is 75.4 Å². The Hall–Kier alpha value is -3.15. The number of rotatable bonds is 6. The van der Waals surface area contributed by atoms with Gasteiger partial charge in [-0.15, -0.1) is 0 Å². The first-order chi connectivity index (χ1) is 14.5. The van der Waals surface area contributed by atoms with Gasteiger partial charge in [-0.1, -0.05) is 18.2 Å². The monoisotopic (exact) mass is 404 g/mol. The van der Waals surface area contributed by atoms with Gasteiger partial charge in [-0.2, -0.15) is 0 Å². The first-order valence-corrected chi connectivity index (χ1v) is 10.7. The van der Waals surface area contributed by atoms with E-state index in [1.165, 1.54) is 11.1 Å². The summed E-state index contributed by atoms with van der Waals surface area (Å²) in [6.07, 6.45) is 3.32. The summed E-state index contributed by atoms with van der Waals surface area (Å²) in [5.41, 5.74) is 4.57. The van der Waals surface area contributed by atoms with Gasteiger partial charge in [0.2, 0.25) is 5.91 Å². The van der Waals surface area contributed by atoms with Gasteiger partial charge in [-0.25, -0.2) is 4.98 Å². The van der Waals surface area contributed by atoms with Gasteiger partial charge in [0, 0.05) is 18.8 Å². The Morgan fingerprint density at radius 3 is 2.63 bits per heavy atom. The third-order valence-electron chi connectivity index (χ3n) is 5.97. The minimum Gasteiger partial charge on any atom is -0.353 e. The summed E-state index contributed by atoms with van der Waals surface area (Å²) in [6.45, 7) is 7.10. The van der Waals surface area contributed by atoms with Crippen molar-refractivity contribution in [2.75, 3.05) is 23.3 Å². The van der Waals surface area contributed by atoms with Crippen molar-refractivity contribution < 1.29 is 4.79 Å². The molecule has 0 unspecified atom stereocenters. The first kappa shape index (κ1) is 20.1. The normalized spacial score (nSPS) is 13.8. The molecule has 0 radical (unpaired) electrons. The zero-order chi connectivity index (χ0) is 21.3. The molecule has 0 bridgehead atoms. The van der Waals surface area contributed by atoms with E-state index >= 15 is 0 Å². The number of para-hydroxylation sites is 2. The number of aryl methyl sites for hydroxylation is 2. The number of anilines is 2. The van der Waals surface area contributed by atoms with Crippen molar-refractivity contribution in [3.63, 3.8) is 0 Å². The topological polar surface area (TPSA) is 67.2 Å². The number of benzene rings is 2. The molecule has 6 heteroatoms. The molecule has 30 heavy (non-hydrogen) atoms. The molecule has 1 heterocycles. The number of nitrogens with zero attached hydrogens (tertiary/aromatic N) is 3. The second-order valence-electron chi connectivity index (χ2n) is 7.77. The number of hydrogen-bond donors (Lipinski definition) is 1. The predicted molar refractivity (Wildman–Crippen MR) is 121 cm³/mol. The third-order valence-corrected chi connectivity index (χ3v) is 5.97. The van der Waals surface area contributed by atoms with E-state index in [-0.39, 0.29) is 11.5 Å². The van der Waals surface area contributed by atoms with Crippen LogP contribution in [0, 0.1) is 0 Å². The van der Waals surface area contributed by atoms with Crippen LogP contribution < -0.4 is 15.8 Å². The van der Waals surface area contributed by atoms with Crippen molar-refractivity contribution in [3.8, 4) is 0 Å². The Morgan fingerprint density at radius 2 is 1.87 bits per heavy atom. The molecular formula is C24H28N4O2. The maximum absolute atomic E-state index is 13.4. The molecule has 0 spiro atoms. The maximum atomic E-state index is 13.4. The number of aromatic nitrogens is 2. The predicted octanol–water partition coefficient (Wildman–Crippen LogP) is 3.93. The van der Waals surface area contributed by atoms with E-state index in [0.717, 1.165) is 24.9 Å². The first-order valence-electron chi connectivity index (χ1n) is 10.7. The van der Waals surface area contributed by atoms with Crippen LogP contribution in [0.5, 0.6) is 0 Å². The summed E-state index contributed by atoms with van der Waals surface area (Å²) in [5, 5.41) is 3.01. The van der Waals surface area contributed by atoms with Gasteiger partial charge < -0.3 is 10.2 Å². The van der Waals surface area contributed by atoms with Crippen molar-refractivity contribution >= 4 is 28.4 Å². The number of fused-ring (bicyclic) bond motifs is 2. The Kier molecular flexibility index (Phi) is 5.57. The van der Waals surface area contributed by atoms with E-state index in [1.807, 2.05) is 49.1 Å². The average Bonchev–Trinajstić information content (AvgIpc) is 3.22. The molecule has 6 nitrogen and oxygen atoms in total. The zero-order valence-corrected chi connectivity index (χ0v) is 17.8. The van der Waals surface area contributed by atoms with Crippen molar-refractivity contribution in [1.29, 1.82) is 0 Å². The largest absolute Gasteiger partial charge is 0.353 e. The van der Waals surface area contributed by atoms with Gasteiger partial charge in [-0.3, -0.25) is 14.2 Å². The molecule has 1 aromatic heterocycles. The fourth-order valence-electron chi connectivity index (χ4n) is 4.27. The van der Waals surface area contributed by atoms with E-state index in [9.17, 15) is 9.59 Å². The van der Waals surface area contributed by atoms with Gasteiger partial charge >= 0.3 is 0 Å². The van der Waals surface area contributed by atoms with Gasteiger partial charge in [0.25, 0.3) is 5.56 Å². The SMILES string of the molecule is CCN(CC)c1nc2ccccc2n([C@@H](C)C(=O)Nc2ccc3c(c2)CCC3)c1=O. The lowest BCUT2D eigenvalue weighted by atomic mass is 10.1. The summed E-state index contributed by atoms with van der Waals surface area (Å²) in [4.78, 5) is 33.0. The summed E-state index contributed by atoms with van der Waals surface area (Å²) in [7, 11) is 0. The Morgan fingerprint density at radius 1 is 1.13 bits per heavy atom. The van der Waals surface area contributed by atoms with Crippen LogP contribution in [-0.2, 0) is 17.6 Å². The molecule has 1 amide bonds. The van der Waals surface area contributed by atoms with Crippen LogP contribution in [0.4, 0.5) is 11.5 Å². The molecule has 4 rings (SSSR count). The molecule has 1 atom stereocenters. The lowest BCUT2D eigenvalue weighted by molar-refractivity contribution is -0.118. The number of hydrogen-bond acceptors (Lipinski definition) is 4. The van der Waals surface area contributed by atoms with Crippen molar-refractivity contribution in [3.05, 3.63) is 63.9 Å². The van der Waals surface area contributed by atoms with Crippen molar-refractivity contribution in [2.45, 2.75) is 46.1 Å². The maximum Gasteiger partial charge on any atom is 0.294 e. The lowest BCUT2D eigenvalue weighted by Gasteiger charge is -2.23. The Labute approximate surface area is 176 Å². The molecular weight excluding hydrogens is 376 g/mol. The third kappa shape index (κ3) is 3.58. The molecule has 0 saturated carbocycles. The van der Waals surface area contributed by atoms with Crippen molar-refractivity contribution in [2.24, 2.45) is 0 Å².